The number of carbonyl (C=O) groups is 3. The van der Waals surface area contributed by atoms with Gasteiger partial charge in [0.2, 0.25) is 18.4 Å². The fourth-order valence-corrected chi connectivity index (χ4v) is 3.26. The van der Waals surface area contributed by atoms with Crippen molar-refractivity contribution >= 4 is 17.8 Å². The lowest BCUT2D eigenvalue weighted by Gasteiger charge is -2.32. The van der Waals surface area contributed by atoms with Crippen LogP contribution in [0.4, 0.5) is 4.39 Å². The van der Waals surface area contributed by atoms with Crippen LogP contribution in [0.3, 0.4) is 0 Å². The number of nitro groups is 1. The molecule has 0 saturated heterocycles. The standard InChI is InChI=1S/C22H32FN3O6/c1-13(2)10-15(12-26(31)32)19(27)25-18(22(3,4)5)20(28)24-17(21(29)30)11-14-6-8-16(23)9-7-14/h6-9,13,15,17-18H,10-12H2,1-5H3,(H,24,28)(H,25,27)(H,29,30)/t15-,17-,18-/m1/s1. The number of amides is 2. The smallest absolute Gasteiger partial charge is 0.326 e. The number of hydrogen-bond acceptors (Lipinski definition) is 5. The molecule has 2 amide bonds. The molecule has 0 saturated carbocycles. The van der Waals surface area contributed by atoms with Crippen molar-refractivity contribution in [2.24, 2.45) is 17.3 Å². The second kappa shape index (κ2) is 11.5. The summed E-state index contributed by atoms with van der Waals surface area (Å²) in [7, 11) is 0. The van der Waals surface area contributed by atoms with Gasteiger partial charge in [-0.1, -0.05) is 46.8 Å². The Labute approximate surface area is 186 Å². The van der Waals surface area contributed by atoms with Gasteiger partial charge in [-0.25, -0.2) is 9.18 Å². The largest absolute Gasteiger partial charge is 0.480 e. The van der Waals surface area contributed by atoms with E-state index in [0.29, 0.717) is 5.56 Å². The number of carbonyl (C=O) groups excluding carboxylic acids is 2. The molecule has 0 aromatic heterocycles. The van der Waals surface area contributed by atoms with Gasteiger partial charge in [0, 0.05) is 11.3 Å². The normalized spacial score (nSPS) is 14.3. The van der Waals surface area contributed by atoms with Crippen LogP contribution in [0.15, 0.2) is 24.3 Å². The van der Waals surface area contributed by atoms with E-state index in [4.69, 9.17) is 0 Å². The zero-order valence-electron chi connectivity index (χ0n) is 19.1. The molecule has 3 N–H and O–H groups in total. The number of benzene rings is 1. The van der Waals surface area contributed by atoms with Gasteiger partial charge in [0.1, 0.15) is 23.8 Å². The van der Waals surface area contributed by atoms with Crippen LogP contribution in [-0.4, -0.2) is 46.4 Å². The first-order valence-corrected chi connectivity index (χ1v) is 10.4. The summed E-state index contributed by atoms with van der Waals surface area (Å²) in [6.07, 6.45) is 0.192. The number of rotatable bonds is 11. The van der Waals surface area contributed by atoms with Gasteiger partial charge >= 0.3 is 5.97 Å². The van der Waals surface area contributed by atoms with E-state index in [9.17, 15) is 34.0 Å². The third kappa shape index (κ3) is 8.99. The Balaban J connectivity index is 3.02. The number of halogens is 1. The van der Waals surface area contributed by atoms with Gasteiger partial charge in [-0.3, -0.25) is 19.7 Å². The molecule has 0 aliphatic rings. The molecular formula is C22H32FN3O6. The molecule has 3 atom stereocenters. The lowest BCUT2D eigenvalue weighted by Crippen LogP contribution is -2.58. The number of carboxylic acid groups (broad SMARTS) is 1. The molecular weight excluding hydrogens is 421 g/mol. The minimum Gasteiger partial charge on any atom is -0.480 e. The molecule has 0 unspecified atom stereocenters. The van der Waals surface area contributed by atoms with E-state index in [-0.39, 0.29) is 18.8 Å². The number of carboxylic acids is 1. The maximum atomic E-state index is 13.1. The van der Waals surface area contributed by atoms with E-state index >= 15 is 0 Å². The molecule has 0 heterocycles. The Kier molecular flexibility index (Phi) is 9.74. The fourth-order valence-electron chi connectivity index (χ4n) is 3.26. The van der Waals surface area contributed by atoms with Crippen molar-refractivity contribution in [2.45, 2.75) is 59.5 Å². The molecule has 1 aromatic carbocycles. The highest BCUT2D eigenvalue weighted by molar-refractivity contribution is 5.91. The lowest BCUT2D eigenvalue weighted by atomic mass is 9.85. The van der Waals surface area contributed by atoms with Crippen LogP contribution in [-0.2, 0) is 20.8 Å². The SMILES string of the molecule is CC(C)C[C@H](C[N+](=O)[O-])C(=O)N[C@H](C(=O)N[C@H](Cc1ccc(F)cc1)C(=O)O)C(C)(C)C. The summed E-state index contributed by atoms with van der Waals surface area (Å²) in [6, 6.07) is 2.81. The van der Waals surface area contributed by atoms with Crippen LogP contribution >= 0.6 is 0 Å². The predicted molar refractivity (Wildman–Crippen MR) is 116 cm³/mol. The van der Waals surface area contributed by atoms with Gasteiger partial charge < -0.3 is 15.7 Å². The summed E-state index contributed by atoms with van der Waals surface area (Å²) in [5.41, 5.74) is -0.284. The van der Waals surface area contributed by atoms with Crippen molar-refractivity contribution in [1.82, 2.24) is 10.6 Å². The van der Waals surface area contributed by atoms with E-state index in [0.717, 1.165) is 0 Å². The Morgan fingerprint density at radius 1 is 1.09 bits per heavy atom. The van der Waals surface area contributed by atoms with Crippen LogP contribution in [0.5, 0.6) is 0 Å². The second-order valence-electron chi connectivity index (χ2n) is 9.38. The molecule has 0 radical (unpaired) electrons. The van der Waals surface area contributed by atoms with E-state index in [1.807, 2.05) is 13.8 Å². The Morgan fingerprint density at radius 3 is 2.09 bits per heavy atom. The summed E-state index contributed by atoms with van der Waals surface area (Å²) >= 11 is 0. The van der Waals surface area contributed by atoms with Crippen LogP contribution < -0.4 is 10.6 Å². The summed E-state index contributed by atoms with van der Waals surface area (Å²) in [6.45, 7) is 8.18. The maximum absolute atomic E-state index is 13.1. The monoisotopic (exact) mass is 453 g/mol. The van der Waals surface area contributed by atoms with E-state index in [1.165, 1.54) is 24.3 Å². The number of aliphatic carboxylic acids is 1. The molecule has 178 valence electrons. The highest BCUT2D eigenvalue weighted by Crippen LogP contribution is 2.22. The van der Waals surface area contributed by atoms with Crippen molar-refractivity contribution in [3.05, 3.63) is 45.8 Å². The first kappa shape index (κ1) is 27.0. The Hall–Kier alpha value is -3.04. The molecule has 0 fully saturated rings. The van der Waals surface area contributed by atoms with Gasteiger partial charge in [0.25, 0.3) is 0 Å². The van der Waals surface area contributed by atoms with Gasteiger partial charge in [-0.2, -0.15) is 0 Å². The van der Waals surface area contributed by atoms with Gasteiger partial charge in [-0.05, 0) is 35.4 Å². The summed E-state index contributed by atoms with van der Waals surface area (Å²) < 4.78 is 13.1. The highest BCUT2D eigenvalue weighted by atomic mass is 19.1. The molecule has 10 heteroatoms. The maximum Gasteiger partial charge on any atom is 0.326 e. The number of nitrogens with one attached hydrogen (secondary N) is 2. The number of hydrogen-bond donors (Lipinski definition) is 3. The zero-order valence-corrected chi connectivity index (χ0v) is 19.1. The summed E-state index contributed by atoms with van der Waals surface area (Å²) in [4.78, 5) is 47.9. The first-order valence-electron chi connectivity index (χ1n) is 10.4. The topological polar surface area (TPSA) is 139 Å². The molecule has 9 nitrogen and oxygen atoms in total. The summed E-state index contributed by atoms with van der Waals surface area (Å²) in [5.74, 6) is -3.99. The fraction of sp³-hybridized carbons (Fsp3) is 0.591. The predicted octanol–water partition coefficient (Wildman–Crippen LogP) is 2.41. The molecule has 0 spiro atoms. The Morgan fingerprint density at radius 2 is 1.66 bits per heavy atom. The first-order chi connectivity index (χ1) is 14.7. The van der Waals surface area contributed by atoms with Crippen molar-refractivity contribution in [3.63, 3.8) is 0 Å². The van der Waals surface area contributed by atoms with Gasteiger partial charge in [0.15, 0.2) is 0 Å². The van der Waals surface area contributed by atoms with E-state index in [2.05, 4.69) is 10.6 Å². The molecule has 1 rings (SSSR count). The third-order valence-electron chi connectivity index (χ3n) is 4.88. The molecule has 0 bridgehead atoms. The average molecular weight is 454 g/mol. The third-order valence-corrected chi connectivity index (χ3v) is 4.88. The minimum atomic E-state index is -1.31. The highest BCUT2D eigenvalue weighted by Gasteiger charge is 2.37. The van der Waals surface area contributed by atoms with Crippen molar-refractivity contribution in [1.29, 1.82) is 0 Å². The van der Waals surface area contributed by atoms with Crippen molar-refractivity contribution in [2.75, 3.05) is 6.54 Å². The zero-order chi connectivity index (χ0) is 24.6. The Bertz CT molecular complexity index is 820. The average Bonchev–Trinajstić information content (AvgIpc) is 2.64. The van der Waals surface area contributed by atoms with E-state index < -0.39 is 58.5 Å². The van der Waals surface area contributed by atoms with Crippen LogP contribution in [0.25, 0.3) is 0 Å². The van der Waals surface area contributed by atoms with Crippen LogP contribution in [0.2, 0.25) is 0 Å². The van der Waals surface area contributed by atoms with Crippen LogP contribution in [0, 0.1) is 33.2 Å². The molecule has 1 aromatic rings. The van der Waals surface area contributed by atoms with Crippen molar-refractivity contribution < 1.29 is 28.8 Å². The van der Waals surface area contributed by atoms with E-state index in [1.54, 1.807) is 20.8 Å². The van der Waals surface area contributed by atoms with Crippen molar-refractivity contribution in [3.8, 4) is 0 Å². The molecule has 0 aliphatic heterocycles. The van der Waals surface area contributed by atoms with Gasteiger partial charge in [-0.15, -0.1) is 0 Å². The molecule has 32 heavy (non-hydrogen) atoms. The number of nitrogens with zero attached hydrogens (tertiary/aromatic N) is 1. The van der Waals surface area contributed by atoms with Gasteiger partial charge in [0.05, 0.1) is 0 Å². The molecule has 0 aliphatic carbocycles. The quantitative estimate of drug-likeness (QED) is 0.347. The second-order valence-corrected chi connectivity index (χ2v) is 9.38. The lowest BCUT2D eigenvalue weighted by molar-refractivity contribution is -0.486. The minimum absolute atomic E-state index is 0.0275. The summed E-state index contributed by atoms with van der Waals surface area (Å²) in [5, 5.41) is 25.5. The van der Waals surface area contributed by atoms with Crippen LogP contribution in [0.1, 0.15) is 46.6 Å².